The standard InChI is InChI=1S/C28H40N2O3/c1-26(2,3)33-25(32)30-11-9-19(10-12-30)13-24(31)29-28-16-20-14-27(4,18-28)15-21(17-28)23-8-6-5-7-22(20)23/h5-8,19-21H,9-18H2,1-4H3,(H,29,31). The van der Waals surface area contributed by atoms with E-state index in [1.165, 1.54) is 24.0 Å². The van der Waals surface area contributed by atoms with Gasteiger partial charge in [0.1, 0.15) is 5.60 Å². The van der Waals surface area contributed by atoms with Crippen molar-refractivity contribution >= 4 is 12.0 Å². The third kappa shape index (κ3) is 4.65. The first-order valence-electron chi connectivity index (χ1n) is 12.9. The largest absolute Gasteiger partial charge is 0.444 e. The Morgan fingerprint density at radius 2 is 1.61 bits per heavy atom. The third-order valence-electron chi connectivity index (χ3n) is 8.54. The Morgan fingerprint density at radius 1 is 1.03 bits per heavy atom. The fourth-order valence-corrected chi connectivity index (χ4v) is 7.65. The van der Waals surface area contributed by atoms with E-state index >= 15 is 0 Å². The lowest BCUT2D eigenvalue weighted by Gasteiger charge is -2.54. The van der Waals surface area contributed by atoms with Crippen LogP contribution in [0, 0.1) is 11.3 Å². The fourth-order valence-electron chi connectivity index (χ4n) is 7.65. The van der Waals surface area contributed by atoms with Crippen LogP contribution in [0.15, 0.2) is 24.3 Å². The summed E-state index contributed by atoms with van der Waals surface area (Å²) in [6.45, 7) is 9.49. The molecule has 5 aliphatic rings. The van der Waals surface area contributed by atoms with Gasteiger partial charge < -0.3 is 15.0 Å². The SMILES string of the molecule is CC12CC3CC(NC(=O)CC4CCN(C(=O)OC(C)(C)C)CC4)(CC(C1)c1ccccc13)C2. The summed E-state index contributed by atoms with van der Waals surface area (Å²) in [5.74, 6) is 1.67. The second kappa shape index (κ2) is 8.02. The van der Waals surface area contributed by atoms with Crippen LogP contribution < -0.4 is 5.32 Å². The summed E-state index contributed by atoms with van der Waals surface area (Å²) in [5, 5.41) is 3.59. The van der Waals surface area contributed by atoms with E-state index in [1.807, 2.05) is 20.8 Å². The molecule has 4 bridgehead atoms. The van der Waals surface area contributed by atoms with E-state index in [9.17, 15) is 9.59 Å². The number of benzene rings is 1. The minimum absolute atomic E-state index is 0.0616. The summed E-state index contributed by atoms with van der Waals surface area (Å²) in [6, 6.07) is 9.03. The van der Waals surface area contributed by atoms with Crippen LogP contribution in [-0.4, -0.2) is 41.1 Å². The summed E-state index contributed by atoms with van der Waals surface area (Å²) in [6.07, 6.45) is 7.86. The maximum atomic E-state index is 13.3. The molecule has 2 unspecified atom stereocenters. The molecule has 1 aromatic carbocycles. The van der Waals surface area contributed by atoms with Crippen LogP contribution in [0.5, 0.6) is 0 Å². The molecule has 1 saturated heterocycles. The van der Waals surface area contributed by atoms with Gasteiger partial charge in [-0.2, -0.15) is 0 Å². The van der Waals surface area contributed by atoms with E-state index in [0.717, 1.165) is 32.1 Å². The molecule has 1 N–H and O–H groups in total. The van der Waals surface area contributed by atoms with E-state index in [-0.39, 0.29) is 17.5 Å². The monoisotopic (exact) mass is 452 g/mol. The number of carbonyl (C=O) groups excluding carboxylic acids is 2. The van der Waals surface area contributed by atoms with E-state index < -0.39 is 5.60 Å². The molecule has 1 aliphatic heterocycles. The topological polar surface area (TPSA) is 58.6 Å². The zero-order valence-electron chi connectivity index (χ0n) is 20.8. The molecule has 0 spiro atoms. The van der Waals surface area contributed by atoms with Crippen LogP contribution in [0.2, 0.25) is 0 Å². The molecule has 1 heterocycles. The summed E-state index contributed by atoms with van der Waals surface area (Å²) < 4.78 is 5.51. The highest BCUT2D eigenvalue weighted by Crippen LogP contribution is 2.62. The zero-order chi connectivity index (χ0) is 23.4. The molecule has 0 aromatic heterocycles. The van der Waals surface area contributed by atoms with Crippen molar-refractivity contribution in [3.8, 4) is 0 Å². The van der Waals surface area contributed by atoms with Gasteiger partial charge in [0.15, 0.2) is 0 Å². The lowest BCUT2D eigenvalue weighted by Crippen LogP contribution is -2.57. The van der Waals surface area contributed by atoms with E-state index in [1.54, 1.807) is 4.90 Å². The van der Waals surface area contributed by atoms with Gasteiger partial charge in [0.05, 0.1) is 0 Å². The molecule has 5 heteroatoms. The molecule has 5 nitrogen and oxygen atoms in total. The summed E-state index contributed by atoms with van der Waals surface area (Å²) >= 11 is 0. The van der Waals surface area contributed by atoms with Gasteiger partial charge in [0.25, 0.3) is 0 Å². The van der Waals surface area contributed by atoms with Gasteiger partial charge in [-0.1, -0.05) is 31.2 Å². The zero-order valence-corrected chi connectivity index (χ0v) is 20.8. The molecule has 1 aromatic rings. The van der Waals surface area contributed by atoms with Crippen LogP contribution in [0.4, 0.5) is 4.79 Å². The average molecular weight is 453 g/mol. The molecule has 2 amide bonds. The van der Waals surface area contributed by atoms with Crippen molar-refractivity contribution in [1.29, 1.82) is 0 Å². The summed E-state index contributed by atoms with van der Waals surface area (Å²) in [7, 11) is 0. The smallest absolute Gasteiger partial charge is 0.410 e. The maximum Gasteiger partial charge on any atom is 0.410 e. The Labute approximate surface area is 198 Å². The Bertz CT molecular complexity index is 890. The number of hydrogen-bond donors (Lipinski definition) is 1. The number of carbonyl (C=O) groups is 2. The van der Waals surface area contributed by atoms with Crippen molar-refractivity contribution in [2.45, 2.75) is 102 Å². The Kier molecular flexibility index (Phi) is 5.53. The molecule has 2 atom stereocenters. The molecule has 2 saturated carbocycles. The van der Waals surface area contributed by atoms with Gasteiger partial charge in [-0.15, -0.1) is 0 Å². The molecule has 4 aliphatic carbocycles. The lowest BCUT2D eigenvalue weighted by molar-refractivity contribution is -0.126. The number of hydrogen-bond acceptors (Lipinski definition) is 3. The first kappa shape index (κ1) is 22.7. The van der Waals surface area contributed by atoms with E-state index in [0.29, 0.717) is 42.7 Å². The molecule has 6 rings (SSSR count). The van der Waals surface area contributed by atoms with Gasteiger partial charge in [-0.05, 0) is 100 Å². The molecular weight excluding hydrogens is 412 g/mol. The van der Waals surface area contributed by atoms with Gasteiger partial charge in [0.2, 0.25) is 5.91 Å². The summed E-state index contributed by atoms with van der Waals surface area (Å²) in [5.41, 5.74) is 2.86. The van der Waals surface area contributed by atoms with E-state index in [2.05, 4.69) is 36.5 Å². The Balaban J connectivity index is 1.21. The fraction of sp³-hybridized carbons (Fsp3) is 0.714. The first-order valence-corrected chi connectivity index (χ1v) is 12.9. The normalized spacial score (nSPS) is 33.4. The molecule has 3 fully saturated rings. The predicted molar refractivity (Wildman–Crippen MR) is 129 cm³/mol. The second-order valence-corrected chi connectivity index (χ2v) is 12.8. The van der Waals surface area contributed by atoms with Gasteiger partial charge >= 0.3 is 6.09 Å². The Hall–Kier alpha value is -2.04. The highest BCUT2D eigenvalue weighted by atomic mass is 16.6. The van der Waals surface area contributed by atoms with Gasteiger partial charge in [0, 0.05) is 25.0 Å². The number of ether oxygens (including phenoxy) is 1. The van der Waals surface area contributed by atoms with Crippen molar-refractivity contribution in [2.24, 2.45) is 11.3 Å². The van der Waals surface area contributed by atoms with Gasteiger partial charge in [-0.25, -0.2) is 4.79 Å². The van der Waals surface area contributed by atoms with E-state index in [4.69, 9.17) is 4.74 Å². The number of piperidine rings is 1. The lowest BCUT2D eigenvalue weighted by atomic mass is 9.55. The highest BCUT2D eigenvalue weighted by Gasteiger charge is 2.55. The van der Waals surface area contributed by atoms with Crippen molar-refractivity contribution in [3.63, 3.8) is 0 Å². The van der Waals surface area contributed by atoms with Crippen LogP contribution in [-0.2, 0) is 9.53 Å². The number of nitrogens with one attached hydrogen (secondary N) is 1. The Morgan fingerprint density at radius 3 is 2.15 bits per heavy atom. The second-order valence-electron chi connectivity index (χ2n) is 12.8. The first-order chi connectivity index (χ1) is 15.5. The average Bonchev–Trinajstić information content (AvgIpc) is 2.85. The minimum Gasteiger partial charge on any atom is -0.444 e. The molecule has 180 valence electrons. The summed E-state index contributed by atoms with van der Waals surface area (Å²) in [4.78, 5) is 27.4. The maximum absolute atomic E-state index is 13.3. The van der Waals surface area contributed by atoms with Crippen LogP contribution >= 0.6 is 0 Å². The number of likely N-dealkylation sites (tertiary alicyclic amines) is 1. The van der Waals surface area contributed by atoms with Gasteiger partial charge in [-0.3, -0.25) is 4.79 Å². The number of amides is 2. The van der Waals surface area contributed by atoms with Crippen LogP contribution in [0.3, 0.4) is 0 Å². The van der Waals surface area contributed by atoms with Crippen LogP contribution in [0.1, 0.15) is 102 Å². The number of rotatable bonds is 3. The highest BCUT2D eigenvalue weighted by molar-refractivity contribution is 5.77. The minimum atomic E-state index is -0.472. The number of nitrogens with zero attached hydrogens (tertiary/aromatic N) is 1. The predicted octanol–water partition coefficient (Wildman–Crippen LogP) is 5.74. The third-order valence-corrected chi connectivity index (χ3v) is 8.54. The van der Waals surface area contributed by atoms with Crippen molar-refractivity contribution in [2.75, 3.05) is 13.1 Å². The molecule has 0 radical (unpaired) electrons. The van der Waals surface area contributed by atoms with Crippen LogP contribution in [0.25, 0.3) is 0 Å². The van der Waals surface area contributed by atoms with Crippen molar-refractivity contribution < 1.29 is 14.3 Å². The molecular formula is C28H40N2O3. The van der Waals surface area contributed by atoms with Crippen molar-refractivity contribution in [1.82, 2.24) is 10.2 Å². The molecule has 33 heavy (non-hydrogen) atoms. The quantitative estimate of drug-likeness (QED) is 0.636. The van der Waals surface area contributed by atoms with Crippen molar-refractivity contribution in [3.05, 3.63) is 35.4 Å².